The Morgan fingerprint density at radius 3 is 2.43 bits per heavy atom. The average molecular weight is 504 g/mol. The van der Waals surface area contributed by atoms with Gasteiger partial charge in [0.1, 0.15) is 11.5 Å². The van der Waals surface area contributed by atoms with Crippen LogP contribution in [0, 0.1) is 12.8 Å². The first kappa shape index (κ1) is 26.0. The molecule has 0 bridgehead atoms. The number of hydrogen-bond donors (Lipinski definition) is 4. The van der Waals surface area contributed by atoms with E-state index in [1.54, 1.807) is 30.3 Å². The van der Waals surface area contributed by atoms with Gasteiger partial charge in [0.15, 0.2) is 0 Å². The number of anilines is 1. The molecule has 1 unspecified atom stereocenters. The SMILES string of the molecule is Cc1oc(-c2cccc(C(N)=O)c2)cc1C(Nc1ccc(C(=O)NCCC(=O)O)cc1)C1CCCCC1. The molecule has 2 aromatic carbocycles. The third-order valence-electron chi connectivity index (χ3n) is 6.94. The van der Waals surface area contributed by atoms with Crippen molar-refractivity contribution in [2.24, 2.45) is 11.7 Å². The summed E-state index contributed by atoms with van der Waals surface area (Å²) >= 11 is 0. The van der Waals surface area contributed by atoms with E-state index in [2.05, 4.69) is 10.6 Å². The van der Waals surface area contributed by atoms with Gasteiger partial charge < -0.3 is 25.9 Å². The summed E-state index contributed by atoms with van der Waals surface area (Å²) in [6, 6.07) is 16.4. The molecule has 1 fully saturated rings. The number of amides is 2. The van der Waals surface area contributed by atoms with E-state index in [0.29, 0.717) is 22.8 Å². The molecule has 1 heterocycles. The summed E-state index contributed by atoms with van der Waals surface area (Å²) in [6.45, 7) is 2.04. The Hall–Kier alpha value is -4.07. The second-order valence-electron chi connectivity index (χ2n) is 9.56. The highest BCUT2D eigenvalue weighted by molar-refractivity contribution is 5.95. The number of carbonyl (C=O) groups excluding carboxylic acids is 2. The van der Waals surface area contributed by atoms with Crippen LogP contribution in [0.15, 0.2) is 59.0 Å². The van der Waals surface area contributed by atoms with Crippen molar-refractivity contribution >= 4 is 23.5 Å². The molecular formula is C29H33N3O5. The van der Waals surface area contributed by atoms with E-state index in [9.17, 15) is 14.4 Å². The van der Waals surface area contributed by atoms with Crippen molar-refractivity contribution in [1.29, 1.82) is 0 Å². The zero-order valence-corrected chi connectivity index (χ0v) is 21.0. The molecule has 3 aromatic rings. The smallest absolute Gasteiger partial charge is 0.305 e. The molecule has 37 heavy (non-hydrogen) atoms. The standard InChI is InChI=1S/C29H33N3O5/c1-18-24(17-25(37-18)21-8-5-9-22(16-21)28(30)35)27(19-6-3-2-4-7-19)32-23-12-10-20(11-13-23)29(36)31-15-14-26(33)34/h5,8-13,16-17,19,27,32H,2-4,6-7,14-15H2,1H3,(H2,30,35)(H,31,36)(H,33,34). The summed E-state index contributed by atoms with van der Waals surface area (Å²) < 4.78 is 6.16. The minimum atomic E-state index is -0.952. The molecule has 2 amide bonds. The predicted octanol–water partition coefficient (Wildman–Crippen LogP) is 5.29. The number of rotatable bonds is 10. The number of hydrogen-bond acceptors (Lipinski definition) is 5. The van der Waals surface area contributed by atoms with Crippen LogP contribution in [0.25, 0.3) is 11.3 Å². The summed E-state index contributed by atoms with van der Waals surface area (Å²) in [5, 5.41) is 15.1. The molecule has 0 saturated heterocycles. The highest BCUT2D eigenvalue weighted by Crippen LogP contribution is 2.40. The minimum absolute atomic E-state index is 0.0207. The van der Waals surface area contributed by atoms with Crippen LogP contribution in [0.4, 0.5) is 5.69 Å². The van der Waals surface area contributed by atoms with Crippen LogP contribution in [-0.4, -0.2) is 29.4 Å². The molecule has 194 valence electrons. The molecule has 5 N–H and O–H groups in total. The molecule has 1 saturated carbocycles. The van der Waals surface area contributed by atoms with Gasteiger partial charge in [0.05, 0.1) is 12.5 Å². The van der Waals surface area contributed by atoms with Gasteiger partial charge in [-0.05, 0) is 68.1 Å². The number of carboxylic acid groups (broad SMARTS) is 1. The van der Waals surface area contributed by atoms with Crippen LogP contribution in [0.1, 0.15) is 76.6 Å². The van der Waals surface area contributed by atoms with Crippen molar-refractivity contribution in [3.8, 4) is 11.3 Å². The predicted molar refractivity (Wildman–Crippen MR) is 141 cm³/mol. The van der Waals surface area contributed by atoms with Crippen LogP contribution in [0.2, 0.25) is 0 Å². The van der Waals surface area contributed by atoms with Crippen molar-refractivity contribution in [3.63, 3.8) is 0 Å². The van der Waals surface area contributed by atoms with Gasteiger partial charge in [0, 0.05) is 34.5 Å². The summed E-state index contributed by atoms with van der Waals surface area (Å²) in [6.07, 6.45) is 5.71. The Labute approximate surface area is 216 Å². The van der Waals surface area contributed by atoms with Gasteiger partial charge in [-0.15, -0.1) is 0 Å². The largest absolute Gasteiger partial charge is 0.481 e. The van der Waals surface area contributed by atoms with Crippen LogP contribution in [-0.2, 0) is 4.79 Å². The molecule has 4 rings (SSSR count). The van der Waals surface area contributed by atoms with Crippen molar-refractivity contribution in [2.45, 2.75) is 51.5 Å². The van der Waals surface area contributed by atoms with E-state index >= 15 is 0 Å². The van der Waals surface area contributed by atoms with Gasteiger partial charge in [-0.25, -0.2) is 0 Å². The summed E-state index contributed by atoms with van der Waals surface area (Å²) in [4.78, 5) is 34.6. The van der Waals surface area contributed by atoms with Crippen LogP contribution in [0.5, 0.6) is 0 Å². The first-order valence-electron chi connectivity index (χ1n) is 12.7. The van der Waals surface area contributed by atoms with E-state index in [1.165, 1.54) is 19.3 Å². The highest BCUT2D eigenvalue weighted by Gasteiger charge is 2.28. The Bertz CT molecular complexity index is 1260. The molecule has 1 aromatic heterocycles. The Kier molecular flexibility index (Phi) is 8.28. The first-order chi connectivity index (χ1) is 17.8. The lowest BCUT2D eigenvalue weighted by Gasteiger charge is -2.31. The van der Waals surface area contributed by atoms with Gasteiger partial charge in [0.25, 0.3) is 5.91 Å². The summed E-state index contributed by atoms with van der Waals surface area (Å²) in [7, 11) is 0. The van der Waals surface area contributed by atoms with E-state index < -0.39 is 11.9 Å². The minimum Gasteiger partial charge on any atom is -0.481 e. The molecule has 0 radical (unpaired) electrons. The maximum atomic E-state index is 12.3. The Balaban J connectivity index is 1.56. The van der Waals surface area contributed by atoms with Gasteiger partial charge >= 0.3 is 5.97 Å². The maximum absolute atomic E-state index is 12.3. The van der Waals surface area contributed by atoms with E-state index in [0.717, 1.165) is 35.4 Å². The van der Waals surface area contributed by atoms with E-state index in [4.69, 9.17) is 15.3 Å². The zero-order chi connectivity index (χ0) is 26.4. The zero-order valence-electron chi connectivity index (χ0n) is 21.0. The second-order valence-corrected chi connectivity index (χ2v) is 9.56. The van der Waals surface area contributed by atoms with Crippen LogP contribution < -0.4 is 16.4 Å². The van der Waals surface area contributed by atoms with Crippen molar-refractivity contribution in [3.05, 3.63) is 77.0 Å². The Morgan fingerprint density at radius 1 is 1.03 bits per heavy atom. The lowest BCUT2D eigenvalue weighted by Crippen LogP contribution is -2.26. The Morgan fingerprint density at radius 2 is 1.76 bits per heavy atom. The summed E-state index contributed by atoms with van der Waals surface area (Å²) in [5.41, 5.74) is 9.12. The molecule has 8 heteroatoms. The number of aryl methyl sites for hydroxylation is 1. The maximum Gasteiger partial charge on any atom is 0.305 e. The van der Waals surface area contributed by atoms with Crippen molar-refractivity contribution < 1.29 is 23.9 Å². The first-order valence-corrected chi connectivity index (χ1v) is 12.7. The number of aliphatic carboxylic acids is 1. The summed E-state index contributed by atoms with van der Waals surface area (Å²) in [5.74, 6) is 0.195. The number of carboxylic acids is 1. The van der Waals surface area contributed by atoms with E-state index in [-0.39, 0.29) is 24.9 Å². The topological polar surface area (TPSA) is 135 Å². The quantitative estimate of drug-likeness (QED) is 0.297. The molecule has 0 aliphatic heterocycles. The average Bonchev–Trinajstić information content (AvgIpc) is 3.29. The number of nitrogens with one attached hydrogen (secondary N) is 2. The van der Waals surface area contributed by atoms with Crippen LogP contribution in [0.3, 0.4) is 0 Å². The third-order valence-corrected chi connectivity index (χ3v) is 6.94. The fraction of sp³-hybridized carbons (Fsp3) is 0.345. The fourth-order valence-electron chi connectivity index (χ4n) is 4.97. The second kappa shape index (κ2) is 11.8. The van der Waals surface area contributed by atoms with Crippen molar-refractivity contribution in [2.75, 3.05) is 11.9 Å². The number of nitrogens with two attached hydrogens (primary N) is 1. The lowest BCUT2D eigenvalue weighted by molar-refractivity contribution is -0.136. The number of carbonyl (C=O) groups is 3. The molecular weight excluding hydrogens is 470 g/mol. The van der Waals surface area contributed by atoms with E-state index in [1.807, 2.05) is 31.2 Å². The number of primary amides is 1. The molecule has 1 atom stereocenters. The van der Waals surface area contributed by atoms with Gasteiger partial charge in [-0.2, -0.15) is 0 Å². The van der Waals surface area contributed by atoms with Gasteiger partial charge in [-0.1, -0.05) is 31.4 Å². The number of furan rings is 1. The number of benzene rings is 2. The van der Waals surface area contributed by atoms with Crippen LogP contribution >= 0.6 is 0 Å². The highest BCUT2D eigenvalue weighted by atomic mass is 16.4. The normalized spacial score (nSPS) is 14.6. The molecule has 0 spiro atoms. The third kappa shape index (κ3) is 6.58. The van der Waals surface area contributed by atoms with Gasteiger partial charge in [-0.3, -0.25) is 14.4 Å². The molecule has 1 aliphatic carbocycles. The molecule has 1 aliphatic rings. The van der Waals surface area contributed by atoms with Gasteiger partial charge in [0.2, 0.25) is 5.91 Å². The monoisotopic (exact) mass is 503 g/mol. The van der Waals surface area contributed by atoms with Crippen molar-refractivity contribution in [1.82, 2.24) is 5.32 Å². The fourth-order valence-corrected chi connectivity index (χ4v) is 4.97. The molecule has 8 nitrogen and oxygen atoms in total. The lowest BCUT2D eigenvalue weighted by atomic mass is 9.81.